The summed E-state index contributed by atoms with van der Waals surface area (Å²) in [5.74, 6) is 0.512. The number of carbonyl (C=O) groups is 1. The Balaban J connectivity index is 1.64. The molecule has 0 spiro atoms. The van der Waals surface area contributed by atoms with Crippen molar-refractivity contribution in [3.05, 3.63) is 113 Å². The molecule has 2 aromatic carbocycles. The van der Waals surface area contributed by atoms with Crippen molar-refractivity contribution in [2.24, 2.45) is 4.99 Å². The van der Waals surface area contributed by atoms with Crippen molar-refractivity contribution in [2.45, 2.75) is 13.0 Å². The fourth-order valence-corrected chi connectivity index (χ4v) is 5.57. The van der Waals surface area contributed by atoms with E-state index in [9.17, 15) is 9.59 Å². The van der Waals surface area contributed by atoms with Gasteiger partial charge < -0.3 is 9.15 Å². The van der Waals surface area contributed by atoms with E-state index in [1.165, 1.54) is 23.0 Å². The number of fused-ring (bicyclic) bond motifs is 1. The lowest BCUT2D eigenvalue weighted by atomic mass is 9.96. The minimum absolute atomic E-state index is 0.279. The van der Waals surface area contributed by atoms with Crippen LogP contribution in [0.25, 0.3) is 17.4 Å². The zero-order chi connectivity index (χ0) is 24.7. The highest BCUT2D eigenvalue weighted by Gasteiger charge is 2.32. The zero-order valence-electron chi connectivity index (χ0n) is 18.6. The fraction of sp³-hybridized carbons (Fsp3) is 0.115. The first kappa shape index (κ1) is 23.4. The van der Waals surface area contributed by atoms with Crippen LogP contribution in [0.1, 0.15) is 24.3 Å². The number of nitrogens with zero attached hydrogens (tertiary/aromatic N) is 2. The van der Waals surface area contributed by atoms with Crippen LogP contribution in [0.4, 0.5) is 0 Å². The van der Waals surface area contributed by atoms with Crippen LogP contribution in [0.3, 0.4) is 0 Å². The monoisotopic (exact) mass is 524 g/mol. The van der Waals surface area contributed by atoms with Crippen molar-refractivity contribution in [3.8, 4) is 11.3 Å². The lowest BCUT2D eigenvalue weighted by Crippen LogP contribution is -2.39. The summed E-state index contributed by atoms with van der Waals surface area (Å²) in [5.41, 5.74) is 2.04. The molecule has 0 fully saturated rings. The van der Waals surface area contributed by atoms with Crippen LogP contribution < -0.4 is 14.9 Å². The van der Waals surface area contributed by atoms with Gasteiger partial charge in [-0.3, -0.25) is 9.36 Å². The Morgan fingerprint density at radius 3 is 2.63 bits per heavy atom. The summed E-state index contributed by atoms with van der Waals surface area (Å²) in [6.45, 7) is 1.74. The van der Waals surface area contributed by atoms with Crippen LogP contribution in [0, 0.1) is 0 Å². The number of hydrogen-bond donors (Lipinski definition) is 0. The van der Waals surface area contributed by atoms with E-state index < -0.39 is 12.0 Å². The molecule has 3 heterocycles. The molecule has 0 aliphatic carbocycles. The van der Waals surface area contributed by atoms with Crippen LogP contribution in [0.2, 0.25) is 10.0 Å². The van der Waals surface area contributed by atoms with Gasteiger partial charge in [0.2, 0.25) is 0 Å². The number of rotatable bonds is 4. The van der Waals surface area contributed by atoms with Crippen LogP contribution in [0.5, 0.6) is 0 Å². The Labute approximate surface area is 214 Å². The lowest BCUT2D eigenvalue weighted by Gasteiger charge is -2.24. The topological polar surface area (TPSA) is 73.8 Å². The molecule has 6 nitrogen and oxygen atoms in total. The van der Waals surface area contributed by atoms with E-state index in [1.54, 1.807) is 43.3 Å². The smallest absolute Gasteiger partial charge is 0.338 e. The maximum absolute atomic E-state index is 13.6. The Morgan fingerprint density at radius 2 is 1.91 bits per heavy atom. The number of benzene rings is 2. The zero-order valence-corrected chi connectivity index (χ0v) is 20.9. The van der Waals surface area contributed by atoms with Gasteiger partial charge in [0.1, 0.15) is 11.5 Å². The van der Waals surface area contributed by atoms with Crippen molar-refractivity contribution >= 4 is 46.6 Å². The molecule has 2 aromatic heterocycles. The molecule has 5 rings (SSSR count). The molecule has 0 amide bonds. The number of ether oxygens (including phenoxy) is 1. The fourth-order valence-electron chi connectivity index (χ4n) is 4.04. The second-order valence-electron chi connectivity index (χ2n) is 7.81. The standard InChI is InChI=1S/C26H18Cl2N2O4S/c1-14-22(25(32)33-2)23(15-6-4-3-5-7-15)30-24(31)21(35-26(30)29-14)13-17-9-11-20(34-17)18-10-8-16(27)12-19(18)28/h3-13,23H,1-2H3/b21-13-/t23-/m0/s1. The first-order valence-electron chi connectivity index (χ1n) is 10.6. The first-order chi connectivity index (χ1) is 16.9. The molecule has 0 bridgehead atoms. The molecule has 0 radical (unpaired) electrons. The number of methoxy groups -OCH3 is 1. The van der Waals surface area contributed by atoms with Gasteiger partial charge in [-0.05, 0) is 42.8 Å². The molecule has 0 saturated carbocycles. The van der Waals surface area contributed by atoms with Gasteiger partial charge in [0.15, 0.2) is 4.80 Å². The van der Waals surface area contributed by atoms with E-state index in [2.05, 4.69) is 4.99 Å². The average Bonchev–Trinajstić information content (AvgIpc) is 3.42. The van der Waals surface area contributed by atoms with Crippen LogP contribution >= 0.6 is 34.5 Å². The highest BCUT2D eigenvalue weighted by molar-refractivity contribution is 7.07. The molecule has 35 heavy (non-hydrogen) atoms. The normalized spacial score (nSPS) is 15.7. The van der Waals surface area contributed by atoms with Crippen LogP contribution in [-0.4, -0.2) is 17.6 Å². The van der Waals surface area contributed by atoms with E-state index in [-0.39, 0.29) is 5.56 Å². The molecular weight excluding hydrogens is 507 g/mol. The predicted octanol–water partition coefficient (Wildman–Crippen LogP) is 4.98. The summed E-state index contributed by atoms with van der Waals surface area (Å²) in [5, 5.41) is 0.993. The van der Waals surface area contributed by atoms with Gasteiger partial charge in [0.25, 0.3) is 5.56 Å². The average molecular weight is 525 g/mol. The summed E-state index contributed by atoms with van der Waals surface area (Å²) in [6.07, 6.45) is 1.66. The van der Waals surface area contributed by atoms with Crippen molar-refractivity contribution in [1.82, 2.24) is 4.57 Å². The molecule has 9 heteroatoms. The third-order valence-electron chi connectivity index (χ3n) is 5.64. The van der Waals surface area contributed by atoms with E-state index in [4.69, 9.17) is 32.4 Å². The van der Waals surface area contributed by atoms with E-state index in [0.717, 1.165) is 5.56 Å². The number of esters is 1. The van der Waals surface area contributed by atoms with Gasteiger partial charge in [0, 0.05) is 16.7 Å². The third-order valence-corrected chi connectivity index (χ3v) is 7.17. The Hall–Kier alpha value is -3.39. The Morgan fingerprint density at radius 1 is 1.14 bits per heavy atom. The number of halogens is 2. The van der Waals surface area contributed by atoms with Crippen molar-refractivity contribution in [2.75, 3.05) is 7.11 Å². The highest BCUT2D eigenvalue weighted by atomic mass is 35.5. The van der Waals surface area contributed by atoms with Crippen molar-refractivity contribution in [1.29, 1.82) is 0 Å². The SMILES string of the molecule is COC(=O)C1=C(C)N=c2s/c(=C\c3ccc(-c4ccc(Cl)cc4Cl)o3)c(=O)n2[C@H]1c1ccccc1. The minimum Gasteiger partial charge on any atom is -0.466 e. The van der Waals surface area contributed by atoms with Gasteiger partial charge in [-0.15, -0.1) is 0 Å². The summed E-state index contributed by atoms with van der Waals surface area (Å²) < 4.78 is 12.9. The number of hydrogen-bond acceptors (Lipinski definition) is 6. The maximum atomic E-state index is 13.6. The quantitative estimate of drug-likeness (QED) is 0.353. The molecular formula is C26H18Cl2N2O4S. The van der Waals surface area contributed by atoms with E-state index in [1.807, 2.05) is 30.3 Å². The summed E-state index contributed by atoms with van der Waals surface area (Å²) in [7, 11) is 1.32. The number of furan rings is 1. The molecule has 176 valence electrons. The molecule has 1 aliphatic rings. The predicted molar refractivity (Wildman–Crippen MR) is 136 cm³/mol. The molecule has 0 N–H and O–H groups in total. The second-order valence-corrected chi connectivity index (χ2v) is 9.66. The van der Waals surface area contributed by atoms with E-state index in [0.29, 0.717) is 47.7 Å². The van der Waals surface area contributed by atoms with Crippen LogP contribution in [-0.2, 0) is 9.53 Å². The molecule has 4 aromatic rings. The van der Waals surface area contributed by atoms with Crippen LogP contribution in [0.15, 0.2) is 86.1 Å². The maximum Gasteiger partial charge on any atom is 0.338 e. The van der Waals surface area contributed by atoms with E-state index >= 15 is 0 Å². The molecule has 1 atom stereocenters. The van der Waals surface area contributed by atoms with Gasteiger partial charge >= 0.3 is 5.97 Å². The molecule has 0 saturated heterocycles. The summed E-state index contributed by atoms with van der Waals surface area (Å²) in [6, 6.07) is 17.4. The second kappa shape index (κ2) is 9.34. The molecule has 1 aliphatic heterocycles. The van der Waals surface area contributed by atoms with Gasteiger partial charge in [-0.1, -0.05) is 64.9 Å². The van der Waals surface area contributed by atoms with Gasteiger partial charge in [-0.25, -0.2) is 9.79 Å². The Kier molecular flexibility index (Phi) is 6.23. The minimum atomic E-state index is -0.651. The van der Waals surface area contributed by atoms with Crippen molar-refractivity contribution in [3.63, 3.8) is 0 Å². The Bertz CT molecular complexity index is 1670. The highest BCUT2D eigenvalue weighted by Crippen LogP contribution is 2.32. The number of carbonyl (C=O) groups excluding carboxylic acids is 1. The third kappa shape index (κ3) is 4.27. The largest absolute Gasteiger partial charge is 0.466 e. The van der Waals surface area contributed by atoms with Gasteiger partial charge in [-0.2, -0.15) is 0 Å². The lowest BCUT2D eigenvalue weighted by molar-refractivity contribution is -0.136. The number of allylic oxidation sites excluding steroid dienone is 1. The van der Waals surface area contributed by atoms with Crippen molar-refractivity contribution < 1.29 is 13.9 Å². The summed E-state index contributed by atoms with van der Waals surface area (Å²) >= 11 is 13.5. The molecule has 0 unspecified atom stereocenters. The first-order valence-corrected chi connectivity index (χ1v) is 12.2. The summed E-state index contributed by atoms with van der Waals surface area (Å²) in [4.78, 5) is 31.3. The number of aromatic nitrogens is 1. The van der Waals surface area contributed by atoms with Gasteiger partial charge in [0.05, 0.1) is 34.0 Å². The number of thiazole rings is 1.